The summed E-state index contributed by atoms with van der Waals surface area (Å²) in [7, 11) is 0. The molecule has 2 aromatic carbocycles. The molecule has 1 aliphatic carbocycles. The molecule has 5 heteroatoms. The van der Waals surface area contributed by atoms with Gasteiger partial charge in [0, 0.05) is 24.2 Å². The molecule has 2 aromatic rings. The number of para-hydroxylation sites is 1. The first-order valence-electron chi connectivity index (χ1n) is 11.6. The molecule has 3 atom stereocenters. The Balaban J connectivity index is 1.64. The lowest BCUT2D eigenvalue weighted by Gasteiger charge is -2.46. The van der Waals surface area contributed by atoms with Gasteiger partial charge in [-0.15, -0.1) is 0 Å². The monoisotopic (exact) mass is 419 g/mol. The number of carbonyl (C=O) groups excluding carboxylic acids is 2. The van der Waals surface area contributed by atoms with E-state index in [0.717, 1.165) is 44.2 Å². The van der Waals surface area contributed by atoms with E-state index < -0.39 is 6.03 Å². The van der Waals surface area contributed by atoms with Crippen molar-refractivity contribution in [3.05, 3.63) is 65.7 Å². The number of benzene rings is 2. The van der Waals surface area contributed by atoms with Gasteiger partial charge in [-0.3, -0.25) is 4.79 Å². The number of carbonyl (C=O) groups is 2. The molecule has 1 aliphatic heterocycles. The number of primary amides is 1. The van der Waals surface area contributed by atoms with Gasteiger partial charge in [-0.2, -0.15) is 0 Å². The van der Waals surface area contributed by atoms with E-state index in [2.05, 4.69) is 36.5 Å². The van der Waals surface area contributed by atoms with E-state index in [1.165, 1.54) is 11.1 Å². The number of anilines is 1. The molecular formula is C26H33N3O2. The van der Waals surface area contributed by atoms with Crippen molar-refractivity contribution in [2.45, 2.75) is 57.4 Å². The van der Waals surface area contributed by atoms with E-state index in [1.807, 2.05) is 30.3 Å². The second kappa shape index (κ2) is 9.54. The largest absolute Gasteiger partial charge is 0.351 e. The van der Waals surface area contributed by atoms with Crippen molar-refractivity contribution in [3.8, 4) is 0 Å². The molecule has 0 radical (unpaired) electrons. The molecule has 1 heterocycles. The fourth-order valence-electron chi connectivity index (χ4n) is 5.50. The smallest absolute Gasteiger partial charge is 0.315 e. The van der Waals surface area contributed by atoms with Gasteiger partial charge in [-0.1, -0.05) is 62.2 Å². The number of rotatable bonds is 5. The number of amides is 3. The fraction of sp³-hybridized carbons (Fsp3) is 0.462. The molecule has 5 nitrogen and oxygen atoms in total. The predicted octanol–water partition coefficient (Wildman–Crippen LogP) is 4.93. The standard InChI is InChI=1S/C26H33N3O2/c1-2-18-12-14-19(15-13-18)21-16-23(25(30)28-22-10-4-3-5-11-22)24(20-8-6-7-9-20)29(17-21)26(27)31/h3-5,10-15,20-21,23-24H,2,6-9,16-17H2,1H3,(H2,27,31)(H,28,30). The summed E-state index contributed by atoms with van der Waals surface area (Å²) in [5, 5.41) is 3.10. The number of hydrogen-bond acceptors (Lipinski definition) is 2. The van der Waals surface area contributed by atoms with Crippen molar-refractivity contribution in [1.29, 1.82) is 0 Å². The lowest BCUT2D eigenvalue weighted by atomic mass is 9.74. The van der Waals surface area contributed by atoms with Crippen molar-refractivity contribution >= 4 is 17.6 Å². The molecule has 164 valence electrons. The molecule has 3 N–H and O–H groups in total. The maximum atomic E-state index is 13.5. The van der Waals surface area contributed by atoms with E-state index in [9.17, 15) is 9.59 Å². The molecule has 0 spiro atoms. The van der Waals surface area contributed by atoms with E-state index in [1.54, 1.807) is 4.90 Å². The number of aryl methyl sites for hydroxylation is 1. The molecule has 31 heavy (non-hydrogen) atoms. The zero-order valence-corrected chi connectivity index (χ0v) is 18.3. The van der Waals surface area contributed by atoms with Gasteiger partial charge >= 0.3 is 6.03 Å². The van der Waals surface area contributed by atoms with Gasteiger partial charge in [0.1, 0.15) is 0 Å². The Morgan fingerprint density at radius 3 is 2.32 bits per heavy atom. The van der Waals surface area contributed by atoms with E-state index in [-0.39, 0.29) is 23.8 Å². The van der Waals surface area contributed by atoms with Crippen molar-refractivity contribution in [2.24, 2.45) is 17.6 Å². The van der Waals surface area contributed by atoms with Crippen LogP contribution in [0.25, 0.3) is 0 Å². The molecule has 4 rings (SSSR count). The molecule has 1 saturated heterocycles. The van der Waals surface area contributed by atoms with Crippen molar-refractivity contribution in [3.63, 3.8) is 0 Å². The lowest BCUT2D eigenvalue weighted by molar-refractivity contribution is -0.124. The van der Waals surface area contributed by atoms with Crippen LogP contribution in [0.5, 0.6) is 0 Å². The minimum Gasteiger partial charge on any atom is -0.351 e. The maximum Gasteiger partial charge on any atom is 0.315 e. The van der Waals surface area contributed by atoms with Crippen LogP contribution >= 0.6 is 0 Å². The Morgan fingerprint density at radius 2 is 1.71 bits per heavy atom. The van der Waals surface area contributed by atoms with E-state index in [0.29, 0.717) is 12.5 Å². The highest BCUT2D eigenvalue weighted by Gasteiger charge is 2.46. The summed E-state index contributed by atoms with van der Waals surface area (Å²) < 4.78 is 0. The van der Waals surface area contributed by atoms with Gasteiger partial charge in [0.25, 0.3) is 0 Å². The van der Waals surface area contributed by atoms with Crippen molar-refractivity contribution < 1.29 is 9.59 Å². The second-order valence-electron chi connectivity index (χ2n) is 9.02. The van der Waals surface area contributed by atoms with Crippen molar-refractivity contribution in [2.75, 3.05) is 11.9 Å². The van der Waals surface area contributed by atoms with E-state index in [4.69, 9.17) is 5.73 Å². The minimum absolute atomic E-state index is 0.00997. The third-order valence-corrected chi connectivity index (χ3v) is 7.13. The average Bonchev–Trinajstić information content (AvgIpc) is 3.33. The normalized spacial score (nSPS) is 24.2. The molecular weight excluding hydrogens is 386 g/mol. The number of piperidine rings is 1. The summed E-state index contributed by atoms with van der Waals surface area (Å²) in [6, 6.07) is 17.6. The minimum atomic E-state index is -0.413. The zero-order valence-electron chi connectivity index (χ0n) is 18.3. The van der Waals surface area contributed by atoms with Crippen LogP contribution in [-0.4, -0.2) is 29.4 Å². The molecule has 3 unspecified atom stereocenters. The summed E-state index contributed by atoms with van der Waals surface area (Å²) in [5.74, 6) is 0.148. The van der Waals surface area contributed by atoms with Crippen LogP contribution in [0, 0.1) is 11.8 Å². The molecule has 0 aromatic heterocycles. The topological polar surface area (TPSA) is 75.4 Å². The Bertz CT molecular complexity index is 891. The number of likely N-dealkylation sites (tertiary alicyclic amines) is 1. The number of urea groups is 1. The molecule has 3 amide bonds. The molecule has 2 fully saturated rings. The van der Waals surface area contributed by atoms with Gasteiger partial charge in [0.05, 0.1) is 5.92 Å². The first-order valence-corrected chi connectivity index (χ1v) is 11.6. The van der Waals surface area contributed by atoms with Gasteiger partial charge in [0.2, 0.25) is 5.91 Å². The Morgan fingerprint density at radius 1 is 1.03 bits per heavy atom. The third kappa shape index (κ3) is 4.76. The number of nitrogens with one attached hydrogen (secondary N) is 1. The van der Waals surface area contributed by atoms with Gasteiger partial charge < -0.3 is 16.0 Å². The Kier molecular flexibility index (Phi) is 6.59. The quantitative estimate of drug-likeness (QED) is 0.721. The van der Waals surface area contributed by atoms with Crippen LogP contribution in [0.2, 0.25) is 0 Å². The van der Waals surface area contributed by atoms with Gasteiger partial charge in [0.15, 0.2) is 0 Å². The lowest BCUT2D eigenvalue weighted by Crippen LogP contribution is -2.58. The number of nitrogens with two attached hydrogens (primary N) is 1. The highest BCUT2D eigenvalue weighted by Crippen LogP contribution is 2.42. The van der Waals surface area contributed by atoms with Crippen LogP contribution in [0.4, 0.5) is 10.5 Å². The summed E-state index contributed by atoms with van der Waals surface area (Å²) in [4.78, 5) is 27.8. The Labute approximate surface area is 185 Å². The number of hydrogen-bond donors (Lipinski definition) is 2. The van der Waals surface area contributed by atoms with Crippen LogP contribution < -0.4 is 11.1 Å². The first-order chi connectivity index (χ1) is 15.1. The highest BCUT2D eigenvalue weighted by molar-refractivity contribution is 5.93. The first kappa shape index (κ1) is 21.4. The average molecular weight is 420 g/mol. The van der Waals surface area contributed by atoms with Crippen molar-refractivity contribution in [1.82, 2.24) is 4.90 Å². The highest BCUT2D eigenvalue weighted by atomic mass is 16.2. The summed E-state index contributed by atoms with van der Waals surface area (Å²) in [5.41, 5.74) is 9.13. The Hall–Kier alpha value is -2.82. The maximum absolute atomic E-state index is 13.5. The fourth-order valence-corrected chi connectivity index (χ4v) is 5.50. The molecule has 0 bridgehead atoms. The SMILES string of the molecule is CCc1ccc(C2CC(C(=O)Nc3ccccc3)C(C3CCCC3)N(C(N)=O)C2)cc1. The number of nitrogens with zero attached hydrogens (tertiary/aromatic N) is 1. The second-order valence-corrected chi connectivity index (χ2v) is 9.02. The van der Waals surface area contributed by atoms with E-state index >= 15 is 0 Å². The zero-order chi connectivity index (χ0) is 21.8. The van der Waals surface area contributed by atoms with Crippen LogP contribution in [0.1, 0.15) is 56.1 Å². The van der Waals surface area contributed by atoms with Crippen LogP contribution in [-0.2, 0) is 11.2 Å². The summed E-state index contributed by atoms with van der Waals surface area (Å²) in [6.07, 6.45) is 6.14. The van der Waals surface area contributed by atoms with Crippen LogP contribution in [0.3, 0.4) is 0 Å². The van der Waals surface area contributed by atoms with Gasteiger partial charge in [-0.25, -0.2) is 4.79 Å². The molecule has 1 saturated carbocycles. The summed E-state index contributed by atoms with van der Waals surface area (Å²) >= 11 is 0. The van der Waals surface area contributed by atoms with Gasteiger partial charge in [-0.05, 0) is 54.9 Å². The van der Waals surface area contributed by atoms with Crippen LogP contribution in [0.15, 0.2) is 54.6 Å². The third-order valence-electron chi connectivity index (χ3n) is 7.13. The predicted molar refractivity (Wildman–Crippen MR) is 124 cm³/mol. The summed E-state index contributed by atoms with van der Waals surface area (Å²) in [6.45, 7) is 2.72. The molecule has 2 aliphatic rings.